The van der Waals surface area contributed by atoms with Crippen LogP contribution in [0.15, 0.2) is 16.6 Å². The molecule has 154 valence electrons. The molecule has 6 nitrogen and oxygen atoms in total. The van der Waals surface area contributed by atoms with Crippen LogP contribution in [0.4, 0.5) is 5.13 Å². The summed E-state index contributed by atoms with van der Waals surface area (Å²) >= 11 is 1.70. The fraction of sp³-hybridized carbons (Fsp3) is 0.789. The zero-order valence-electron chi connectivity index (χ0n) is 16.9. The number of thiazole rings is 1. The summed E-state index contributed by atoms with van der Waals surface area (Å²) in [5, 5.41) is 3.14. The van der Waals surface area contributed by atoms with Crippen LogP contribution in [0.3, 0.4) is 0 Å². The largest absolute Gasteiger partial charge is 0.370 e. The van der Waals surface area contributed by atoms with Gasteiger partial charge in [0.25, 0.3) is 0 Å². The monoisotopic (exact) mass is 506 g/mol. The molecule has 3 heterocycles. The van der Waals surface area contributed by atoms with Crippen LogP contribution in [0.5, 0.6) is 0 Å². The van der Waals surface area contributed by atoms with Crippen LogP contribution in [0.1, 0.15) is 33.6 Å². The second-order valence-corrected chi connectivity index (χ2v) is 8.89. The van der Waals surface area contributed by atoms with Crippen molar-refractivity contribution in [3.05, 3.63) is 11.6 Å². The van der Waals surface area contributed by atoms with Gasteiger partial charge in [-0.05, 0) is 37.8 Å². The van der Waals surface area contributed by atoms with Crippen molar-refractivity contribution in [1.82, 2.24) is 14.8 Å². The van der Waals surface area contributed by atoms with E-state index < -0.39 is 0 Å². The zero-order valence-corrected chi connectivity index (χ0v) is 20.0. The zero-order chi connectivity index (χ0) is 18.5. The van der Waals surface area contributed by atoms with Crippen LogP contribution in [0.2, 0.25) is 0 Å². The van der Waals surface area contributed by atoms with Crippen molar-refractivity contribution >= 4 is 46.4 Å². The molecule has 3 rings (SSSR count). The second kappa shape index (κ2) is 10.8. The molecule has 0 saturated carbocycles. The molecule has 0 aromatic carbocycles. The van der Waals surface area contributed by atoms with Gasteiger partial charge in [-0.15, -0.1) is 35.3 Å². The minimum absolute atomic E-state index is 0. The first kappa shape index (κ1) is 22.7. The van der Waals surface area contributed by atoms with E-state index in [1.54, 1.807) is 11.3 Å². The van der Waals surface area contributed by atoms with Gasteiger partial charge in [0.15, 0.2) is 11.1 Å². The molecule has 2 aliphatic rings. The Balaban J connectivity index is 0.00000261. The molecule has 2 saturated heterocycles. The molecule has 0 amide bonds. The summed E-state index contributed by atoms with van der Waals surface area (Å²) in [6.07, 6.45) is 4.48. The number of anilines is 1. The maximum absolute atomic E-state index is 6.34. The third-order valence-electron chi connectivity index (χ3n) is 5.79. The van der Waals surface area contributed by atoms with E-state index in [1.165, 1.54) is 25.9 Å². The summed E-state index contributed by atoms with van der Waals surface area (Å²) in [7, 11) is 0. The number of piperidine rings is 1. The van der Waals surface area contributed by atoms with E-state index in [0.717, 1.165) is 43.8 Å². The average Bonchev–Trinajstić information content (AvgIpc) is 3.18. The Labute approximate surface area is 185 Å². The lowest BCUT2D eigenvalue weighted by Gasteiger charge is -2.38. The summed E-state index contributed by atoms with van der Waals surface area (Å²) in [6.45, 7) is 13.9. The van der Waals surface area contributed by atoms with E-state index >= 15 is 0 Å². The van der Waals surface area contributed by atoms with E-state index in [0.29, 0.717) is 17.9 Å². The van der Waals surface area contributed by atoms with Crippen LogP contribution in [0, 0.1) is 11.8 Å². The highest BCUT2D eigenvalue weighted by molar-refractivity contribution is 14.0. The van der Waals surface area contributed by atoms with Crippen molar-refractivity contribution < 1.29 is 0 Å². The molecule has 0 bridgehead atoms. The quantitative estimate of drug-likeness (QED) is 0.378. The molecule has 2 fully saturated rings. The molecule has 1 unspecified atom stereocenters. The van der Waals surface area contributed by atoms with E-state index in [1.807, 2.05) is 11.6 Å². The molecule has 1 aromatic heterocycles. The minimum atomic E-state index is 0. The Morgan fingerprint density at radius 3 is 2.44 bits per heavy atom. The smallest absolute Gasteiger partial charge is 0.191 e. The highest BCUT2D eigenvalue weighted by Crippen LogP contribution is 2.22. The molecule has 0 spiro atoms. The van der Waals surface area contributed by atoms with E-state index in [2.05, 4.69) is 40.5 Å². The predicted octanol–water partition coefficient (Wildman–Crippen LogP) is 2.95. The summed E-state index contributed by atoms with van der Waals surface area (Å²) in [5.41, 5.74) is 6.34. The number of hydrogen-bond acceptors (Lipinski definition) is 5. The molecule has 0 radical (unpaired) electrons. The lowest BCUT2D eigenvalue weighted by Crippen LogP contribution is -2.52. The van der Waals surface area contributed by atoms with Crippen LogP contribution in [0.25, 0.3) is 0 Å². The summed E-state index contributed by atoms with van der Waals surface area (Å²) in [5.74, 6) is 2.17. The molecule has 2 N–H and O–H groups in total. The number of rotatable bonds is 5. The van der Waals surface area contributed by atoms with Gasteiger partial charge in [0.2, 0.25) is 0 Å². The number of nitrogens with zero attached hydrogens (tertiary/aromatic N) is 5. The number of aliphatic imine (C=N–C) groups is 1. The van der Waals surface area contributed by atoms with Gasteiger partial charge in [-0.25, -0.2) is 4.98 Å². The highest BCUT2D eigenvalue weighted by atomic mass is 127. The third-order valence-corrected chi connectivity index (χ3v) is 6.62. The van der Waals surface area contributed by atoms with Gasteiger partial charge >= 0.3 is 0 Å². The number of hydrogen-bond donors (Lipinski definition) is 1. The normalized spacial score (nSPS) is 21.4. The minimum Gasteiger partial charge on any atom is -0.370 e. The molecular formula is C19H35IN6S. The number of nitrogens with two attached hydrogens (primary N) is 1. The molecule has 1 aromatic rings. The van der Waals surface area contributed by atoms with Gasteiger partial charge in [0.1, 0.15) is 0 Å². The Morgan fingerprint density at radius 1 is 1.22 bits per heavy atom. The first-order valence-corrected chi connectivity index (χ1v) is 10.9. The summed E-state index contributed by atoms with van der Waals surface area (Å²) < 4.78 is 0. The number of halogens is 1. The van der Waals surface area contributed by atoms with Crippen molar-refractivity contribution in [2.45, 2.75) is 39.7 Å². The van der Waals surface area contributed by atoms with Crippen LogP contribution < -0.4 is 10.6 Å². The number of piperazine rings is 1. The van der Waals surface area contributed by atoms with Gasteiger partial charge < -0.3 is 15.5 Å². The van der Waals surface area contributed by atoms with Crippen molar-refractivity contribution in [3.8, 4) is 0 Å². The molecular weight excluding hydrogens is 471 g/mol. The fourth-order valence-electron chi connectivity index (χ4n) is 3.89. The first-order valence-electron chi connectivity index (χ1n) is 9.98. The molecule has 1 atom stereocenters. The Bertz CT molecular complexity index is 563. The lowest BCUT2D eigenvalue weighted by atomic mass is 9.94. The van der Waals surface area contributed by atoms with Crippen LogP contribution >= 0.6 is 35.3 Å². The molecule has 8 heteroatoms. The molecule has 0 aliphatic carbocycles. The number of guanidine groups is 1. The van der Waals surface area contributed by atoms with Gasteiger partial charge in [0, 0.05) is 43.8 Å². The van der Waals surface area contributed by atoms with Crippen LogP contribution in [-0.4, -0.2) is 72.6 Å². The van der Waals surface area contributed by atoms with Crippen molar-refractivity contribution in [1.29, 1.82) is 0 Å². The standard InChI is InChI=1S/C19H34N6S.HI/c1-15(2)17(23-7-4-16(3)5-8-23)14-22-18(20)24-9-11-25(12-10-24)19-21-6-13-26-19;/h6,13,15-17H,4-5,7-12,14H2,1-3H3,(H2,20,22);1H. The van der Waals surface area contributed by atoms with Gasteiger partial charge in [-0.1, -0.05) is 20.8 Å². The SMILES string of the molecule is CC1CCN(C(CN=C(N)N2CCN(c3nccs3)CC2)C(C)C)CC1.I. The second-order valence-electron chi connectivity index (χ2n) is 8.02. The van der Waals surface area contributed by atoms with Crippen molar-refractivity contribution in [2.75, 3.05) is 50.7 Å². The number of aromatic nitrogens is 1. The van der Waals surface area contributed by atoms with Gasteiger partial charge in [-0.3, -0.25) is 9.89 Å². The third kappa shape index (κ3) is 6.19. The highest BCUT2D eigenvalue weighted by Gasteiger charge is 2.26. The fourth-order valence-corrected chi connectivity index (χ4v) is 4.59. The van der Waals surface area contributed by atoms with Crippen molar-refractivity contribution in [3.63, 3.8) is 0 Å². The van der Waals surface area contributed by atoms with E-state index in [9.17, 15) is 0 Å². The maximum Gasteiger partial charge on any atom is 0.191 e. The van der Waals surface area contributed by atoms with Gasteiger partial charge in [0.05, 0.1) is 6.54 Å². The predicted molar refractivity (Wildman–Crippen MR) is 126 cm³/mol. The van der Waals surface area contributed by atoms with E-state index in [-0.39, 0.29) is 24.0 Å². The van der Waals surface area contributed by atoms with Crippen LogP contribution in [-0.2, 0) is 0 Å². The van der Waals surface area contributed by atoms with E-state index in [4.69, 9.17) is 10.7 Å². The molecule has 2 aliphatic heterocycles. The summed E-state index contributed by atoms with van der Waals surface area (Å²) in [4.78, 5) is 16.4. The summed E-state index contributed by atoms with van der Waals surface area (Å²) in [6, 6.07) is 0.498. The Kier molecular flexibility index (Phi) is 9.07. The topological polar surface area (TPSA) is 61.0 Å². The molecule has 27 heavy (non-hydrogen) atoms. The van der Waals surface area contributed by atoms with Gasteiger partial charge in [-0.2, -0.15) is 0 Å². The Hall–Kier alpha value is -0.610. The number of likely N-dealkylation sites (tertiary alicyclic amines) is 1. The maximum atomic E-state index is 6.34. The lowest BCUT2D eigenvalue weighted by molar-refractivity contribution is 0.113. The Morgan fingerprint density at radius 2 is 1.89 bits per heavy atom. The average molecular weight is 507 g/mol. The first-order chi connectivity index (χ1) is 12.5. The van der Waals surface area contributed by atoms with Crippen molar-refractivity contribution in [2.24, 2.45) is 22.6 Å².